The predicted octanol–water partition coefficient (Wildman–Crippen LogP) is 2.47. The number of ether oxygens (including phenoxy) is 1. The van der Waals surface area contributed by atoms with Crippen molar-refractivity contribution in [1.82, 2.24) is 30.3 Å². The zero-order valence-corrected chi connectivity index (χ0v) is 21.3. The van der Waals surface area contributed by atoms with Crippen molar-refractivity contribution in [3.8, 4) is 0 Å². The van der Waals surface area contributed by atoms with Gasteiger partial charge in [-0.05, 0) is 44.6 Å². The van der Waals surface area contributed by atoms with E-state index in [-0.39, 0.29) is 24.0 Å². The molecule has 0 aromatic carbocycles. The molecule has 2 fully saturated rings. The number of rotatable bonds is 9. The van der Waals surface area contributed by atoms with Crippen LogP contribution in [0.1, 0.15) is 57.1 Å². The normalized spacial score (nSPS) is 19.5. The van der Waals surface area contributed by atoms with Crippen molar-refractivity contribution in [2.24, 2.45) is 17.5 Å². The fourth-order valence-electron chi connectivity index (χ4n) is 4.30. The third-order valence-electron chi connectivity index (χ3n) is 6.65. The molecule has 1 saturated carbocycles. The minimum Gasteiger partial charge on any atom is -0.379 e. The highest BCUT2D eigenvalue weighted by Crippen LogP contribution is 2.40. The number of guanidine groups is 1. The van der Waals surface area contributed by atoms with E-state index < -0.39 is 0 Å². The van der Waals surface area contributed by atoms with E-state index in [0.29, 0.717) is 12.0 Å². The van der Waals surface area contributed by atoms with Crippen LogP contribution < -0.4 is 10.6 Å². The smallest absolute Gasteiger partial charge is 0.191 e. The summed E-state index contributed by atoms with van der Waals surface area (Å²) in [6.07, 6.45) is 7.68. The first-order chi connectivity index (χ1) is 14.1. The van der Waals surface area contributed by atoms with Gasteiger partial charge in [0.15, 0.2) is 11.8 Å². The van der Waals surface area contributed by atoms with Crippen molar-refractivity contribution in [1.29, 1.82) is 0 Å². The van der Waals surface area contributed by atoms with E-state index in [1.807, 2.05) is 18.5 Å². The topological polar surface area (TPSA) is 79.6 Å². The molecule has 0 atom stereocenters. The third-order valence-corrected chi connectivity index (χ3v) is 6.65. The highest BCUT2D eigenvalue weighted by Gasteiger charge is 2.31. The quantitative estimate of drug-likeness (QED) is 0.220. The summed E-state index contributed by atoms with van der Waals surface area (Å²) in [5.74, 6) is 2.70. The van der Waals surface area contributed by atoms with Gasteiger partial charge in [-0.1, -0.05) is 19.8 Å². The lowest BCUT2D eigenvalue weighted by molar-refractivity contribution is 0.0376. The lowest BCUT2D eigenvalue weighted by Gasteiger charge is -2.29. The van der Waals surface area contributed by atoms with Gasteiger partial charge in [0.05, 0.1) is 13.2 Å². The minimum absolute atomic E-state index is 0. The van der Waals surface area contributed by atoms with Crippen molar-refractivity contribution in [2.45, 2.75) is 58.9 Å². The molecule has 0 unspecified atom stereocenters. The first-order valence-electron chi connectivity index (χ1n) is 11.3. The Kier molecular flexibility index (Phi) is 10.8. The Morgan fingerprint density at radius 3 is 2.53 bits per heavy atom. The van der Waals surface area contributed by atoms with E-state index in [0.717, 1.165) is 70.0 Å². The van der Waals surface area contributed by atoms with Crippen LogP contribution in [0.25, 0.3) is 0 Å². The summed E-state index contributed by atoms with van der Waals surface area (Å²) >= 11 is 0. The second-order valence-electron chi connectivity index (χ2n) is 8.54. The van der Waals surface area contributed by atoms with Gasteiger partial charge < -0.3 is 19.9 Å². The molecular weight excluding hydrogens is 493 g/mol. The van der Waals surface area contributed by atoms with Crippen LogP contribution in [-0.4, -0.2) is 71.6 Å². The summed E-state index contributed by atoms with van der Waals surface area (Å²) < 4.78 is 7.43. The molecule has 9 heteroatoms. The van der Waals surface area contributed by atoms with Gasteiger partial charge in [-0.3, -0.25) is 4.90 Å². The van der Waals surface area contributed by atoms with Crippen LogP contribution in [0.3, 0.4) is 0 Å². The van der Waals surface area contributed by atoms with Crippen LogP contribution in [0.5, 0.6) is 0 Å². The summed E-state index contributed by atoms with van der Waals surface area (Å²) in [7, 11) is 1.99. The summed E-state index contributed by atoms with van der Waals surface area (Å²) in [5.41, 5.74) is 0.428. The molecule has 30 heavy (non-hydrogen) atoms. The highest BCUT2D eigenvalue weighted by molar-refractivity contribution is 14.0. The van der Waals surface area contributed by atoms with Crippen molar-refractivity contribution in [3.05, 3.63) is 11.6 Å². The molecule has 2 heterocycles. The van der Waals surface area contributed by atoms with Gasteiger partial charge in [0.2, 0.25) is 0 Å². The molecule has 2 N–H and O–H groups in total. The first kappa shape index (κ1) is 25.3. The van der Waals surface area contributed by atoms with Crippen LogP contribution in [0, 0.1) is 12.3 Å². The standard InChI is InChI=1S/C21H39N7O.HI/c1-4-21(8-5-6-9-21)17-24-20(23-16-19-26-25-18(2)27(19)3)22-10-7-11-28-12-14-29-15-13-28;/h4-17H2,1-3H3,(H2,22,23,24);1H. The number of nitrogens with zero attached hydrogens (tertiary/aromatic N) is 5. The van der Waals surface area contributed by atoms with Gasteiger partial charge in [0.1, 0.15) is 12.4 Å². The van der Waals surface area contributed by atoms with Crippen LogP contribution in [0.2, 0.25) is 0 Å². The second-order valence-corrected chi connectivity index (χ2v) is 8.54. The van der Waals surface area contributed by atoms with Crippen LogP contribution in [-0.2, 0) is 18.3 Å². The summed E-state index contributed by atoms with van der Waals surface area (Å²) in [6.45, 7) is 11.6. The molecule has 1 aromatic rings. The Morgan fingerprint density at radius 2 is 1.90 bits per heavy atom. The van der Waals surface area contributed by atoms with Crippen molar-refractivity contribution < 1.29 is 4.74 Å². The molecule has 0 bridgehead atoms. The Bertz CT molecular complexity index is 652. The fraction of sp³-hybridized carbons (Fsp3) is 0.857. The highest BCUT2D eigenvalue weighted by atomic mass is 127. The number of halogens is 1. The molecule has 3 rings (SSSR count). The second kappa shape index (κ2) is 12.8. The Morgan fingerprint density at radius 1 is 1.17 bits per heavy atom. The summed E-state index contributed by atoms with van der Waals surface area (Å²) in [6, 6.07) is 0. The van der Waals surface area contributed by atoms with E-state index >= 15 is 0 Å². The minimum atomic E-state index is 0. The molecule has 0 amide bonds. The largest absolute Gasteiger partial charge is 0.379 e. The number of morpholine rings is 1. The van der Waals surface area contributed by atoms with Gasteiger partial charge in [-0.25, -0.2) is 4.99 Å². The predicted molar refractivity (Wildman–Crippen MR) is 131 cm³/mol. The lowest BCUT2D eigenvalue weighted by Crippen LogP contribution is -2.44. The fourth-order valence-corrected chi connectivity index (χ4v) is 4.30. The molecule has 1 aliphatic heterocycles. The SMILES string of the molecule is CCC1(CNC(=NCc2nnc(C)n2C)NCCCN2CCOCC2)CCCC1.I. The molecular formula is C21H40IN7O. The van der Waals surface area contributed by atoms with Crippen molar-refractivity contribution in [2.75, 3.05) is 45.9 Å². The molecule has 172 valence electrons. The summed E-state index contributed by atoms with van der Waals surface area (Å²) in [4.78, 5) is 7.29. The third kappa shape index (κ3) is 7.33. The van der Waals surface area contributed by atoms with E-state index in [4.69, 9.17) is 9.73 Å². The molecule has 1 aromatic heterocycles. The van der Waals surface area contributed by atoms with Gasteiger partial charge >= 0.3 is 0 Å². The lowest BCUT2D eigenvalue weighted by atomic mass is 9.83. The Balaban J connectivity index is 0.00000320. The monoisotopic (exact) mass is 533 g/mol. The van der Waals surface area contributed by atoms with Crippen molar-refractivity contribution in [3.63, 3.8) is 0 Å². The van der Waals surface area contributed by atoms with Gasteiger partial charge in [0, 0.05) is 33.2 Å². The molecule has 0 radical (unpaired) electrons. The zero-order valence-electron chi connectivity index (χ0n) is 19.0. The van der Waals surface area contributed by atoms with E-state index in [1.54, 1.807) is 0 Å². The van der Waals surface area contributed by atoms with Crippen LogP contribution >= 0.6 is 24.0 Å². The maximum absolute atomic E-state index is 5.43. The van der Waals surface area contributed by atoms with Crippen molar-refractivity contribution >= 4 is 29.9 Å². The molecule has 0 spiro atoms. The number of nitrogens with one attached hydrogen (secondary N) is 2. The zero-order chi connectivity index (χ0) is 20.5. The molecule has 8 nitrogen and oxygen atoms in total. The number of aliphatic imine (C=N–C) groups is 1. The maximum atomic E-state index is 5.43. The average molecular weight is 534 g/mol. The Hall–Kier alpha value is -0.940. The number of hydrogen-bond acceptors (Lipinski definition) is 5. The van der Waals surface area contributed by atoms with E-state index in [9.17, 15) is 0 Å². The average Bonchev–Trinajstić information content (AvgIpc) is 3.35. The number of aromatic nitrogens is 3. The van der Waals surface area contributed by atoms with Gasteiger partial charge in [0.25, 0.3) is 0 Å². The number of hydrogen-bond donors (Lipinski definition) is 2. The van der Waals surface area contributed by atoms with E-state index in [1.165, 1.54) is 32.1 Å². The molecule has 1 saturated heterocycles. The first-order valence-corrected chi connectivity index (χ1v) is 11.3. The van der Waals surface area contributed by atoms with E-state index in [2.05, 4.69) is 32.7 Å². The molecule has 2 aliphatic rings. The maximum Gasteiger partial charge on any atom is 0.191 e. The Labute approximate surface area is 198 Å². The van der Waals surface area contributed by atoms with Gasteiger partial charge in [-0.15, -0.1) is 34.2 Å². The number of aryl methyl sites for hydroxylation is 1. The summed E-state index contributed by atoms with van der Waals surface area (Å²) in [5, 5.41) is 15.6. The van der Waals surface area contributed by atoms with Crippen LogP contribution in [0.4, 0.5) is 0 Å². The van der Waals surface area contributed by atoms with Crippen LogP contribution in [0.15, 0.2) is 4.99 Å². The molecule has 1 aliphatic carbocycles. The van der Waals surface area contributed by atoms with Gasteiger partial charge in [-0.2, -0.15) is 0 Å².